The standard InChI is InChI=1S/C18H20N4O/c19-7-5-14-11-22(17-4-2-1-3-16(14)17)18(23)13-6-8-21-12-20-10-15(21)9-13/h1-4,10-13H,5-9,19H2. The van der Waals surface area contributed by atoms with E-state index in [4.69, 9.17) is 5.73 Å². The second-order valence-corrected chi connectivity index (χ2v) is 6.19. The molecule has 3 heterocycles. The average molecular weight is 308 g/mol. The molecule has 0 spiro atoms. The maximum absolute atomic E-state index is 13.1. The zero-order valence-electron chi connectivity index (χ0n) is 13.0. The average Bonchev–Trinajstić information content (AvgIpc) is 3.19. The van der Waals surface area contributed by atoms with Crippen molar-refractivity contribution in [3.63, 3.8) is 0 Å². The number of fused-ring (bicyclic) bond motifs is 2. The van der Waals surface area contributed by atoms with Crippen molar-refractivity contribution in [2.75, 3.05) is 6.54 Å². The molecule has 1 unspecified atom stereocenters. The molecule has 0 saturated carbocycles. The monoisotopic (exact) mass is 308 g/mol. The first-order valence-corrected chi connectivity index (χ1v) is 8.10. The Morgan fingerprint density at radius 1 is 1.35 bits per heavy atom. The van der Waals surface area contributed by atoms with Gasteiger partial charge in [0.1, 0.15) is 0 Å². The van der Waals surface area contributed by atoms with Gasteiger partial charge in [-0.1, -0.05) is 18.2 Å². The lowest BCUT2D eigenvalue weighted by Gasteiger charge is -2.23. The molecule has 5 heteroatoms. The second kappa shape index (κ2) is 5.66. The molecular formula is C18H20N4O. The van der Waals surface area contributed by atoms with Crippen LogP contribution in [0.5, 0.6) is 0 Å². The number of carbonyl (C=O) groups is 1. The predicted octanol–water partition coefficient (Wildman–Crippen LogP) is 2.24. The van der Waals surface area contributed by atoms with Crippen LogP contribution >= 0.6 is 0 Å². The van der Waals surface area contributed by atoms with E-state index in [0.29, 0.717) is 6.54 Å². The molecule has 0 amide bonds. The highest BCUT2D eigenvalue weighted by molar-refractivity contribution is 5.95. The zero-order chi connectivity index (χ0) is 15.8. The van der Waals surface area contributed by atoms with Gasteiger partial charge in [0.2, 0.25) is 5.91 Å². The van der Waals surface area contributed by atoms with Crippen LogP contribution in [-0.2, 0) is 19.4 Å². The highest BCUT2D eigenvalue weighted by Gasteiger charge is 2.27. The van der Waals surface area contributed by atoms with Gasteiger partial charge in [0.25, 0.3) is 0 Å². The summed E-state index contributed by atoms with van der Waals surface area (Å²) in [5.74, 6) is 0.192. The fourth-order valence-electron chi connectivity index (χ4n) is 3.56. The molecule has 2 aromatic heterocycles. The van der Waals surface area contributed by atoms with Gasteiger partial charge in [-0.2, -0.15) is 0 Å². The second-order valence-electron chi connectivity index (χ2n) is 6.19. The molecule has 1 atom stereocenters. The summed E-state index contributed by atoms with van der Waals surface area (Å²) in [5.41, 5.74) is 9.00. The van der Waals surface area contributed by atoms with E-state index in [-0.39, 0.29) is 11.8 Å². The van der Waals surface area contributed by atoms with Crippen LogP contribution < -0.4 is 5.73 Å². The van der Waals surface area contributed by atoms with Crippen LogP contribution in [0.4, 0.5) is 0 Å². The molecule has 1 aliphatic heterocycles. The van der Waals surface area contributed by atoms with Gasteiger partial charge in [-0.3, -0.25) is 9.36 Å². The first-order chi connectivity index (χ1) is 11.3. The number of hydrogen-bond donors (Lipinski definition) is 1. The van der Waals surface area contributed by atoms with Crippen molar-refractivity contribution in [1.82, 2.24) is 14.1 Å². The topological polar surface area (TPSA) is 65.8 Å². The van der Waals surface area contributed by atoms with E-state index in [1.807, 2.05) is 41.5 Å². The molecule has 4 rings (SSSR count). The van der Waals surface area contributed by atoms with E-state index in [0.717, 1.165) is 48.0 Å². The molecular weight excluding hydrogens is 288 g/mol. The van der Waals surface area contributed by atoms with Crippen molar-refractivity contribution >= 4 is 16.8 Å². The third kappa shape index (κ3) is 2.37. The summed E-state index contributed by atoms with van der Waals surface area (Å²) in [7, 11) is 0. The van der Waals surface area contributed by atoms with Gasteiger partial charge in [0.15, 0.2) is 0 Å². The first kappa shape index (κ1) is 14.2. The van der Waals surface area contributed by atoms with E-state index in [9.17, 15) is 4.79 Å². The molecule has 118 valence electrons. The van der Waals surface area contributed by atoms with E-state index < -0.39 is 0 Å². The van der Waals surface area contributed by atoms with E-state index in [1.165, 1.54) is 0 Å². The Kier molecular flexibility index (Phi) is 3.50. The minimum Gasteiger partial charge on any atom is -0.335 e. The van der Waals surface area contributed by atoms with Crippen LogP contribution in [0.1, 0.15) is 22.5 Å². The third-order valence-corrected chi connectivity index (χ3v) is 4.77. The molecule has 1 aliphatic rings. The Morgan fingerprint density at radius 3 is 3.09 bits per heavy atom. The molecule has 0 fully saturated rings. The number of carbonyl (C=O) groups excluding carboxylic acids is 1. The van der Waals surface area contributed by atoms with Gasteiger partial charge in [-0.05, 0) is 31.0 Å². The third-order valence-electron chi connectivity index (χ3n) is 4.77. The van der Waals surface area contributed by atoms with Gasteiger partial charge < -0.3 is 10.3 Å². The highest BCUT2D eigenvalue weighted by Crippen LogP contribution is 2.26. The Labute approximate surface area is 134 Å². The number of aryl methyl sites for hydroxylation is 1. The lowest BCUT2D eigenvalue weighted by molar-refractivity contribution is 0.0817. The van der Waals surface area contributed by atoms with Crippen molar-refractivity contribution in [2.45, 2.75) is 25.8 Å². The molecule has 1 aromatic carbocycles. The summed E-state index contributed by atoms with van der Waals surface area (Å²) < 4.78 is 3.97. The summed E-state index contributed by atoms with van der Waals surface area (Å²) in [6.45, 7) is 1.45. The lowest BCUT2D eigenvalue weighted by Crippen LogP contribution is -2.28. The van der Waals surface area contributed by atoms with Gasteiger partial charge >= 0.3 is 0 Å². The van der Waals surface area contributed by atoms with Crippen molar-refractivity contribution in [3.05, 3.63) is 54.2 Å². The largest absolute Gasteiger partial charge is 0.335 e. The van der Waals surface area contributed by atoms with Gasteiger partial charge in [-0.15, -0.1) is 0 Å². The van der Waals surface area contributed by atoms with Crippen LogP contribution in [-0.4, -0.2) is 26.6 Å². The number of imidazole rings is 1. The van der Waals surface area contributed by atoms with Crippen LogP contribution in [0.3, 0.4) is 0 Å². The van der Waals surface area contributed by atoms with Gasteiger partial charge in [-0.25, -0.2) is 4.98 Å². The highest BCUT2D eigenvalue weighted by atomic mass is 16.2. The number of nitrogens with zero attached hydrogens (tertiary/aromatic N) is 3. The Morgan fingerprint density at radius 2 is 2.22 bits per heavy atom. The summed E-state index contributed by atoms with van der Waals surface area (Å²) in [5, 5.41) is 1.13. The zero-order valence-corrected chi connectivity index (χ0v) is 13.0. The number of hydrogen-bond acceptors (Lipinski definition) is 3. The maximum atomic E-state index is 13.1. The minimum atomic E-state index is 0.0146. The molecule has 3 aromatic rings. The van der Waals surface area contributed by atoms with E-state index in [1.54, 1.807) is 0 Å². The predicted molar refractivity (Wildman–Crippen MR) is 89.4 cm³/mol. The van der Waals surface area contributed by atoms with Crippen LogP contribution in [0.25, 0.3) is 10.9 Å². The normalized spacial score (nSPS) is 17.3. The first-order valence-electron chi connectivity index (χ1n) is 8.10. The van der Waals surface area contributed by atoms with Crippen molar-refractivity contribution in [2.24, 2.45) is 11.7 Å². The molecule has 0 radical (unpaired) electrons. The smallest absolute Gasteiger partial charge is 0.234 e. The fraction of sp³-hybridized carbons (Fsp3) is 0.333. The number of aromatic nitrogens is 3. The summed E-state index contributed by atoms with van der Waals surface area (Å²) in [4.78, 5) is 17.2. The van der Waals surface area contributed by atoms with Crippen molar-refractivity contribution < 1.29 is 4.79 Å². The molecule has 5 nitrogen and oxygen atoms in total. The molecule has 23 heavy (non-hydrogen) atoms. The Bertz CT molecular complexity index is 861. The Hall–Kier alpha value is -2.40. The lowest BCUT2D eigenvalue weighted by atomic mass is 9.95. The fourth-order valence-corrected chi connectivity index (χ4v) is 3.56. The minimum absolute atomic E-state index is 0.0146. The van der Waals surface area contributed by atoms with Crippen molar-refractivity contribution in [3.8, 4) is 0 Å². The molecule has 0 bridgehead atoms. The summed E-state index contributed by atoms with van der Waals surface area (Å²) in [6, 6.07) is 8.07. The van der Waals surface area contributed by atoms with E-state index in [2.05, 4.69) is 15.6 Å². The molecule has 0 saturated heterocycles. The van der Waals surface area contributed by atoms with Crippen molar-refractivity contribution in [1.29, 1.82) is 0 Å². The Balaban J connectivity index is 1.70. The quantitative estimate of drug-likeness (QED) is 0.807. The van der Waals surface area contributed by atoms with Gasteiger partial charge in [0, 0.05) is 42.4 Å². The molecule has 2 N–H and O–H groups in total. The number of rotatable bonds is 3. The van der Waals surface area contributed by atoms with E-state index >= 15 is 0 Å². The maximum Gasteiger partial charge on any atom is 0.234 e. The number of benzene rings is 1. The summed E-state index contributed by atoms with van der Waals surface area (Å²) in [6.07, 6.45) is 8.11. The number of para-hydroxylation sites is 1. The number of nitrogens with two attached hydrogens (primary N) is 1. The van der Waals surface area contributed by atoms with Gasteiger partial charge in [0.05, 0.1) is 11.8 Å². The molecule has 0 aliphatic carbocycles. The van der Waals surface area contributed by atoms with Crippen LogP contribution in [0, 0.1) is 5.92 Å². The van der Waals surface area contributed by atoms with Crippen LogP contribution in [0.15, 0.2) is 43.0 Å². The SMILES string of the molecule is NCCc1cn(C(=O)C2CCn3cncc3C2)c2ccccc12. The van der Waals surface area contributed by atoms with Crippen LogP contribution in [0.2, 0.25) is 0 Å². The summed E-state index contributed by atoms with van der Waals surface area (Å²) >= 11 is 0.